The van der Waals surface area contributed by atoms with Crippen LogP contribution in [0.3, 0.4) is 0 Å². The zero-order chi connectivity index (χ0) is 15.8. The number of hydrogen-bond acceptors (Lipinski definition) is 4. The molecule has 0 spiro atoms. The summed E-state index contributed by atoms with van der Waals surface area (Å²) in [5.74, 6) is 0. The van der Waals surface area contributed by atoms with Crippen LogP contribution in [-0.2, 0) is 4.74 Å². The lowest BCUT2D eigenvalue weighted by Crippen LogP contribution is -2.47. The van der Waals surface area contributed by atoms with E-state index in [1.54, 1.807) is 25.5 Å². The Kier molecular flexibility index (Phi) is 4.55. The number of likely N-dealkylation sites (tertiary alicyclic amines) is 1. The smallest absolute Gasteiger partial charge is 0.410 e. The van der Waals surface area contributed by atoms with E-state index in [2.05, 4.69) is 26.2 Å². The standard InChI is InChI=1S/C13H20BrFN4O2/c1-8-11(14)16-17-19(8)10-5-6-18(7-9(10)15)12(20)21-13(2,3)4/h9-10H,5-7H2,1-4H3/t9-,10-/m0/s1. The van der Waals surface area contributed by atoms with Crippen molar-refractivity contribution >= 4 is 22.0 Å². The molecule has 1 aliphatic rings. The maximum Gasteiger partial charge on any atom is 0.410 e. The molecule has 1 saturated heterocycles. The number of carbonyl (C=O) groups is 1. The number of aromatic nitrogens is 3. The molecule has 8 heteroatoms. The molecule has 1 aromatic heterocycles. The largest absolute Gasteiger partial charge is 0.444 e. The molecule has 0 aromatic carbocycles. The first-order chi connectivity index (χ1) is 9.69. The van der Waals surface area contributed by atoms with E-state index >= 15 is 0 Å². The quantitative estimate of drug-likeness (QED) is 0.770. The number of hydrogen-bond donors (Lipinski definition) is 0. The van der Waals surface area contributed by atoms with Crippen LogP contribution in [-0.4, -0.2) is 50.8 Å². The van der Waals surface area contributed by atoms with Gasteiger partial charge in [-0.3, -0.25) is 0 Å². The van der Waals surface area contributed by atoms with Gasteiger partial charge in [-0.25, -0.2) is 13.9 Å². The van der Waals surface area contributed by atoms with Crippen molar-refractivity contribution in [1.29, 1.82) is 0 Å². The van der Waals surface area contributed by atoms with Gasteiger partial charge in [0.05, 0.1) is 18.3 Å². The van der Waals surface area contributed by atoms with Crippen molar-refractivity contribution < 1.29 is 13.9 Å². The van der Waals surface area contributed by atoms with Gasteiger partial charge in [0, 0.05) is 6.54 Å². The summed E-state index contributed by atoms with van der Waals surface area (Å²) in [5.41, 5.74) is 0.209. The highest BCUT2D eigenvalue weighted by molar-refractivity contribution is 9.10. The molecular formula is C13H20BrFN4O2. The van der Waals surface area contributed by atoms with Crippen molar-refractivity contribution in [2.45, 2.75) is 51.9 Å². The number of amides is 1. The van der Waals surface area contributed by atoms with E-state index in [9.17, 15) is 9.18 Å². The Morgan fingerprint density at radius 3 is 2.62 bits per heavy atom. The zero-order valence-corrected chi connectivity index (χ0v) is 14.2. The molecule has 2 heterocycles. The van der Waals surface area contributed by atoms with E-state index in [1.807, 2.05) is 6.92 Å². The predicted octanol–water partition coefficient (Wildman–Crippen LogP) is 2.87. The molecule has 2 rings (SSSR count). The average Bonchev–Trinajstić information content (AvgIpc) is 2.68. The van der Waals surface area contributed by atoms with Crippen LogP contribution in [0.1, 0.15) is 38.9 Å². The topological polar surface area (TPSA) is 60.2 Å². The first-order valence-electron chi connectivity index (χ1n) is 6.88. The van der Waals surface area contributed by atoms with E-state index in [0.717, 1.165) is 5.69 Å². The Morgan fingerprint density at radius 1 is 1.48 bits per heavy atom. The van der Waals surface area contributed by atoms with Crippen molar-refractivity contribution in [3.63, 3.8) is 0 Å². The molecule has 0 aliphatic carbocycles. The van der Waals surface area contributed by atoms with Crippen LogP contribution in [0.5, 0.6) is 0 Å². The van der Waals surface area contributed by atoms with E-state index in [4.69, 9.17) is 4.74 Å². The predicted molar refractivity (Wildman–Crippen MR) is 78.8 cm³/mol. The summed E-state index contributed by atoms with van der Waals surface area (Å²) in [7, 11) is 0. The molecule has 1 fully saturated rings. The molecule has 1 amide bonds. The number of halogens is 2. The molecule has 2 atom stereocenters. The highest BCUT2D eigenvalue weighted by atomic mass is 79.9. The minimum absolute atomic E-state index is 0.0104. The second-order valence-electron chi connectivity index (χ2n) is 6.21. The molecule has 0 unspecified atom stereocenters. The maximum atomic E-state index is 14.4. The Labute approximate surface area is 131 Å². The van der Waals surface area contributed by atoms with Crippen LogP contribution in [0, 0.1) is 6.92 Å². The highest BCUT2D eigenvalue weighted by Crippen LogP contribution is 2.28. The van der Waals surface area contributed by atoms with Gasteiger partial charge >= 0.3 is 6.09 Å². The van der Waals surface area contributed by atoms with Gasteiger partial charge in [-0.05, 0) is 50.0 Å². The second-order valence-corrected chi connectivity index (χ2v) is 6.96. The lowest BCUT2D eigenvalue weighted by Gasteiger charge is -2.35. The first-order valence-corrected chi connectivity index (χ1v) is 7.67. The lowest BCUT2D eigenvalue weighted by atomic mass is 10.0. The first kappa shape index (κ1) is 16.2. The molecule has 21 heavy (non-hydrogen) atoms. The van der Waals surface area contributed by atoms with E-state index in [-0.39, 0.29) is 6.54 Å². The fourth-order valence-electron chi connectivity index (χ4n) is 2.30. The van der Waals surface area contributed by atoms with Crippen LogP contribution in [0.25, 0.3) is 0 Å². The molecule has 118 valence electrons. The van der Waals surface area contributed by atoms with Gasteiger partial charge in [0.2, 0.25) is 0 Å². The van der Waals surface area contributed by atoms with Crippen molar-refractivity contribution in [1.82, 2.24) is 19.9 Å². The number of piperidine rings is 1. The van der Waals surface area contributed by atoms with E-state index < -0.39 is 23.9 Å². The van der Waals surface area contributed by atoms with E-state index in [1.165, 1.54) is 4.90 Å². The molecular weight excluding hydrogens is 343 g/mol. The van der Waals surface area contributed by atoms with Gasteiger partial charge in [-0.15, -0.1) is 5.10 Å². The van der Waals surface area contributed by atoms with Crippen LogP contribution >= 0.6 is 15.9 Å². The van der Waals surface area contributed by atoms with Crippen molar-refractivity contribution in [3.05, 3.63) is 10.3 Å². The van der Waals surface area contributed by atoms with Crippen molar-refractivity contribution in [3.8, 4) is 0 Å². The summed E-state index contributed by atoms with van der Waals surface area (Å²) in [6, 6.07) is -0.400. The molecule has 0 N–H and O–H groups in total. The second kappa shape index (κ2) is 5.90. The monoisotopic (exact) mass is 362 g/mol. The Morgan fingerprint density at radius 2 is 2.14 bits per heavy atom. The zero-order valence-electron chi connectivity index (χ0n) is 12.6. The summed E-state index contributed by atoms with van der Waals surface area (Å²) in [4.78, 5) is 13.4. The van der Waals surface area contributed by atoms with Crippen LogP contribution in [0.2, 0.25) is 0 Å². The Balaban J connectivity index is 2.02. The van der Waals surface area contributed by atoms with Crippen LogP contribution < -0.4 is 0 Å². The molecule has 0 saturated carbocycles. The summed E-state index contributed by atoms with van der Waals surface area (Å²) in [5, 5.41) is 7.85. The number of carbonyl (C=O) groups excluding carboxylic acids is 1. The van der Waals surface area contributed by atoms with Crippen molar-refractivity contribution in [2.24, 2.45) is 0 Å². The third kappa shape index (κ3) is 3.72. The van der Waals surface area contributed by atoms with Crippen molar-refractivity contribution in [2.75, 3.05) is 13.1 Å². The Hall–Kier alpha value is -1.18. The lowest BCUT2D eigenvalue weighted by molar-refractivity contribution is 0.00546. The average molecular weight is 363 g/mol. The third-order valence-electron chi connectivity index (χ3n) is 3.34. The Bertz CT molecular complexity index is 529. The minimum Gasteiger partial charge on any atom is -0.444 e. The molecule has 0 bridgehead atoms. The van der Waals surface area contributed by atoms with Gasteiger partial charge in [0.1, 0.15) is 11.8 Å². The number of alkyl halides is 1. The summed E-state index contributed by atoms with van der Waals surface area (Å²) < 4.78 is 21.9. The van der Waals surface area contributed by atoms with E-state index in [0.29, 0.717) is 17.6 Å². The summed E-state index contributed by atoms with van der Waals surface area (Å²) in [6.07, 6.45) is -1.18. The highest BCUT2D eigenvalue weighted by Gasteiger charge is 2.35. The minimum atomic E-state index is -1.20. The maximum absolute atomic E-state index is 14.4. The van der Waals surface area contributed by atoms with Gasteiger partial charge < -0.3 is 9.64 Å². The van der Waals surface area contributed by atoms with Crippen LogP contribution in [0.15, 0.2) is 4.60 Å². The fourth-order valence-corrected chi connectivity index (χ4v) is 2.55. The van der Waals surface area contributed by atoms with Gasteiger partial charge in [-0.1, -0.05) is 5.21 Å². The summed E-state index contributed by atoms with van der Waals surface area (Å²) in [6.45, 7) is 7.66. The normalized spacial score (nSPS) is 23.2. The van der Waals surface area contributed by atoms with Gasteiger partial charge in [-0.2, -0.15) is 0 Å². The third-order valence-corrected chi connectivity index (χ3v) is 4.08. The molecule has 6 nitrogen and oxygen atoms in total. The van der Waals surface area contributed by atoms with Crippen LogP contribution in [0.4, 0.5) is 9.18 Å². The number of nitrogens with zero attached hydrogens (tertiary/aromatic N) is 4. The van der Waals surface area contributed by atoms with Gasteiger partial charge in [0.15, 0.2) is 4.60 Å². The molecule has 0 radical (unpaired) electrons. The van der Waals surface area contributed by atoms with Gasteiger partial charge in [0.25, 0.3) is 0 Å². The SMILES string of the molecule is Cc1c(Br)nnn1[C@H]1CCN(C(=O)OC(C)(C)C)C[C@@H]1F. The fraction of sp³-hybridized carbons (Fsp3) is 0.769. The number of ether oxygens (including phenoxy) is 1. The summed E-state index contributed by atoms with van der Waals surface area (Å²) >= 11 is 3.27. The molecule has 1 aliphatic heterocycles. The number of rotatable bonds is 1. The molecule has 1 aromatic rings.